The molecule has 2 amide bonds. The second kappa shape index (κ2) is 10.8. The molecule has 0 saturated carbocycles. The molecule has 0 aliphatic carbocycles. The van der Waals surface area contributed by atoms with E-state index in [1.807, 2.05) is 6.92 Å². The number of hydrogen-bond acceptors (Lipinski definition) is 5. The number of sulfonamides is 1. The van der Waals surface area contributed by atoms with Crippen LogP contribution in [0.15, 0.2) is 59.5 Å². The highest BCUT2D eigenvalue weighted by molar-refractivity contribution is 7.89. The quantitative estimate of drug-likeness (QED) is 0.520. The lowest BCUT2D eigenvalue weighted by molar-refractivity contribution is -0.143. The first-order valence-corrected chi connectivity index (χ1v) is 12.5. The fourth-order valence-electron chi connectivity index (χ4n) is 3.90. The highest BCUT2D eigenvalue weighted by atomic mass is 32.2. The van der Waals surface area contributed by atoms with E-state index in [9.17, 15) is 27.9 Å². The van der Waals surface area contributed by atoms with Crippen molar-refractivity contribution >= 4 is 27.8 Å². The van der Waals surface area contributed by atoms with Crippen molar-refractivity contribution in [2.45, 2.75) is 43.7 Å². The lowest BCUT2D eigenvalue weighted by atomic mass is 9.94. The van der Waals surface area contributed by atoms with E-state index in [-0.39, 0.29) is 29.8 Å². The van der Waals surface area contributed by atoms with Crippen LogP contribution >= 0.6 is 0 Å². The van der Waals surface area contributed by atoms with Gasteiger partial charge in [-0.05, 0) is 44.4 Å². The summed E-state index contributed by atoms with van der Waals surface area (Å²) in [5, 5.41) is 12.1. The molecule has 0 spiro atoms. The maximum Gasteiger partial charge on any atom is 0.330 e. The van der Waals surface area contributed by atoms with Crippen molar-refractivity contribution in [2.24, 2.45) is 5.92 Å². The summed E-state index contributed by atoms with van der Waals surface area (Å²) >= 11 is 0. The van der Waals surface area contributed by atoms with E-state index >= 15 is 0 Å². The molecule has 10 heteroatoms. The van der Waals surface area contributed by atoms with Crippen LogP contribution in [0.2, 0.25) is 0 Å². The van der Waals surface area contributed by atoms with Gasteiger partial charge in [0, 0.05) is 19.0 Å². The number of nitrogens with one attached hydrogen (secondary N) is 2. The van der Waals surface area contributed by atoms with Gasteiger partial charge < -0.3 is 15.3 Å². The van der Waals surface area contributed by atoms with Gasteiger partial charge in [-0.3, -0.25) is 9.59 Å². The normalized spacial score (nSPS) is 16.5. The Morgan fingerprint density at radius 3 is 2.15 bits per heavy atom. The summed E-state index contributed by atoms with van der Waals surface area (Å²) in [6.07, 6.45) is 0.715. The Kier molecular flexibility index (Phi) is 8.06. The number of benzene rings is 2. The van der Waals surface area contributed by atoms with E-state index in [2.05, 4.69) is 10.0 Å². The number of hydrogen-bond donors (Lipinski definition) is 3. The van der Waals surface area contributed by atoms with Crippen LogP contribution in [-0.4, -0.2) is 55.3 Å². The molecule has 3 rings (SSSR count). The van der Waals surface area contributed by atoms with Gasteiger partial charge >= 0.3 is 5.97 Å². The molecular formula is C24H29N3O6S. The molecule has 0 aromatic heterocycles. The average Bonchev–Trinajstić information content (AvgIpc) is 2.82. The van der Waals surface area contributed by atoms with E-state index in [0.717, 1.165) is 5.56 Å². The Bertz CT molecular complexity index is 1130. The molecule has 2 aromatic rings. The third-order valence-corrected chi connectivity index (χ3v) is 7.43. The van der Waals surface area contributed by atoms with Gasteiger partial charge in [-0.25, -0.2) is 13.2 Å². The maximum absolute atomic E-state index is 12.8. The van der Waals surface area contributed by atoms with Gasteiger partial charge in [0.15, 0.2) is 6.04 Å². The van der Waals surface area contributed by atoms with Crippen LogP contribution in [0, 0.1) is 12.8 Å². The van der Waals surface area contributed by atoms with E-state index in [1.165, 1.54) is 24.0 Å². The van der Waals surface area contributed by atoms with Crippen LogP contribution in [0.5, 0.6) is 0 Å². The zero-order valence-electron chi connectivity index (χ0n) is 19.1. The summed E-state index contributed by atoms with van der Waals surface area (Å²) in [5.74, 6) is -2.34. The summed E-state index contributed by atoms with van der Waals surface area (Å²) in [7, 11) is -3.85. The number of carbonyl (C=O) groups is 3. The van der Waals surface area contributed by atoms with Gasteiger partial charge in [-0.15, -0.1) is 0 Å². The predicted molar refractivity (Wildman–Crippen MR) is 125 cm³/mol. The molecule has 0 bridgehead atoms. The van der Waals surface area contributed by atoms with Crippen molar-refractivity contribution < 1.29 is 27.9 Å². The molecule has 1 fully saturated rings. The molecule has 1 heterocycles. The lowest BCUT2D eigenvalue weighted by Crippen LogP contribution is -2.50. The van der Waals surface area contributed by atoms with Crippen molar-refractivity contribution in [3.05, 3.63) is 65.7 Å². The SMILES string of the molecule is Cc1ccc(S(=O)(=O)N[C@@H](C)C(=O)N2CCC(C(=O)N[C@H](C(=O)O)c3ccccc3)CC2)cc1. The van der Waals surface area contributed by atoms with Crippen LogP contribution in [0.25, 0.3) is 0 Å². The smallest absolute Gasteiger partial charge is 0.330 e. The molecule has 2 aromatic carbocycles. The molecule has 0 radical (unpaired) electrons. The number of aliphatic carboxylic acids is 1. The monoisotopic (exact) mass is 487 g/mol. The van der Waals surface area contributed by atoms with E-state index in [1.54, 1.807) is 42.5 Å². The van der Waals surface area contributed by atoms with Crippen molar-refractivity contribution in [1.82, 2.24) is 14.9 Å². The number of piperidine rings is 1. The largest absolute Gasteiger partial charge is 0.479 e. The third kappa shape index (κ3) is 6.21. The van der Waals surface area contributed by atoms with Crippen LogP contribution in [0.3, 0.4) is 0 Å². The Labute approximate surface area is 199 Å². The molecular weight excluding hydrogens is 458 g/mol. The minimum atomic E-state index is -3.85. The first kappa shape index (κ1) is 25.4. The number of rotatable bonds is 8. The number of carboxylic acids is 1. The van der Waals surface area contributed by atoms with Gasteiger partial charge in [0.25, 0.3) is 0 Å². The van der Waals surface area contributed by atoms with E-state index in [4.69, 9.17) is 0 Å². The van der Waals surface area contributed by atoms with Crippen LogP contribution in [0.4, 0.5) is 0 Å². The number of nitrogens with zero attached hydrogens (tertiary/aromatic N) is 1. The Morgan fingerprint density at radius 2 is 1.59 bits per heavy atom. The molecule has 9 nitrogen and oxygen atoms in total. The number of carbonyl (C=O) groups excluding carboxylic acids is 2. The van der Waals surface area contributed by atoms with E-state index in [0.29, 0.717) is 18.4 Å². The molecule has 3 N–H and O–H groups in total. The number of aryl methyl sites for hydroxylation is 1. The number of likely N-dealkylation sites (tertiary alicyclic amines) is 1. The maximum atomic E-state index is 12.8. The summed E-state index contributed by atoms with van der Waals surface area (Å²) in [5.41, 5.74) is 1.40. The fraction of sp³-hybridized carbons (Fsp3) is 0.375. The zero-order chi connectivity index (χ0) is 24.9. The number of amides is 2. The fourth-order valence-corrected chi connectivity index (χ4v) is 5.09. The predicted octanol–water partition coefficient (Wildman–Crippen LogP) is 1.84. The van der Waals surface area contributed by atoms with Crippen molar-refractivity contribution in [3.8, 4) is 0 Å². The Morgan fingerprint density at radius 1 is 1.00 bits per heavy atom. The molecule has 1 aliphatic heterocycles. The van der Waals surface area contributed by atoms with Gasteiger partial charge in [-0.1, -0.05) is 48.0 Å². The summed E-state index contributed by atoms with van der Waals surface area (Å²) in [6, 6.07) is 12.7. The Hall–Kier alpha value is -3.24. The van der Waals surface area contributed by atoms with Gasteiger partial charge in [0.05, 0.1) is 10.9 Å². The summed E-state index contributed by atoms with van der Waals surface area (Å²) in [4.78, 5) is 38.8. The van der Waals surface area contributed by atoms with Crippen molar-refractivity contribution in [1.29, 1.82) is 0 Å². The van der Waals surface area contributed by atoms with E-state index < -0.39 is 34.0 Å². The molecule has 34 heavy (non-hydrogen) atoms. The van der Waals surface area contributed by atoms with Crippen molar-refractivity contribution in [3.63, 3.8) is 0 Å². The van der Waals surface area contributed by atoms with Gasteiger partial charge in [0.1, 0.15) is 0 Å². The molecule has 182 valence electrons. The summed E-state index contributed by atoms with van der Waals surface area (Å²) in [6.45, 7) is 3.89. The number of carboxylic acid groups (broad SMARTS) is 1. The Balaban J connectivity index is 1.55. The second-order valence-electron chi connectivity index (χ2n) is 8.45. The first-order chi connectivity index (χ1) is 16.1. The van der Waals surface area contributed by atoms with Gasteiger partial charge in [-0.2, -0.15) is 4.72 Å². The van der Waals surface area contributed by atoms with Crippen LogP contribution in [-0.2, 0) is 24.4 Å². The zero-order valence-corrected chi connectivity index (χ0v) is 19.9. The lowest BCUT2D eigenvalue weighted by Gasteiger charge is -2.33. The summed E-state index contributed by atoms with van der Waals surface area (Å²) < 4.78 is 27.6. The molecule has 0 unspecified atom stereocenters. The minimum Gasteiger partial charge on any atom is -0.479 e. The van der Waals surface area contributed by atoms with Gasteiger partial charge in [0.2, 0.25) is 21.8 Å². The highest BCUT2D eigenvalue weighted by Gasteiger charge is 2.33. The second-order valence-corrected chi connectivity index (χ2v) is 10.2. The van der Waals surface area contributed by atoms with Crippen LogP contribution in [0.1, 0.15) is 36.9 Å². The highest BCUT2D eigenvalue weighted by Crippen LogP contribution is 2.21. The topological polar surface area (TPSA) is 133 Å². The standard InChI is InChI=1S/C24H29N3O6S/c1-16-8-10-20(11-9-16)34(32,33)26-17(2)23(29)27-14-12-19(13-15-27)22(28)25-21(24(30)31)18-6-4-3-5-7-18/h3-11,17,19,21,26H,12-15H2,1-2H3,(H,25,28)(H,30,31)/t17-,21-/m0/s1. The molecule has 1 saturated heterocycles. The average molecular weight is 488 g/mol. The molecule has 2 atom stereocenters. The minimum absolute atomic E-state index is 0.0829. The third-order valence-electron chi connectivity index (χ3n) is 5.88. The molecule has 1 aliphatic rings. The van der Waals surface area contributed by atoms with Crippen LogP contribution < -0.4 is 10.0 Å². The first-order valence-electron chi connectivity index (χ1n) is 11.0. The van der Waals surface area contributed by atoms with Crippen molar-refractivity contribution in [2.75, 3.05) is 13.1 Å².